The van der Waals surface area contributed by atoms with Crippen LogP contribution in [0.1, 0.15) is 43.2 Å². The summed E-state index contributed by atoms with van der Waals surface area (Å²) in [5, 5.41) is 7.32. The quantitative estimate of drug-likeness (QED) is 0.695. The van der Waals surface area contributed by atoms with E-state index in [-0.39, 0.29) is 5.91 Å². The number of aromatic nitrogens is 3. The lowest BCUT2D eigenvalue weighted by molar-refractivity contribution is -0.128. The van der Waals surface area contributed by atoms with Gasteiger partial charge in [-0.3, -0.25) is 4.79 Å². The Morgan fingerprint density at radius 1 is 1.07 bits per heavy atom. The van der Waals surface area contributed by atoms with E-state index >= 15 is 0 Å². The minimum Gasteiger partial charge on any atom is -0.497 e. The summed E-state index contributed by atoms with van der Waals surface area (Å²) in [7, 11) is 1.66. The fourth-order valence-corrected chi connectivity index (χ4v) is 4.17. The number of carbonyl (C=O) groups is 1. The molecule has 0 unspecified atom stereocenters. The van der Waals surface area contributed by atoms with Crippen molar-refractivity contribution in [2.24, 2.45) is 0 Å². The van der Waals surface area contributed by atoms with Gasteiger partial charge in [0.2, 0.25) is 5.91 Å². The normalized spacial score (nSPS) is 15.6. The number of carbonyl (C=O) groups excluding carboxylic acids is 1. The number of rotatable bonds is 6. The van der Waals surface area contributed by atoms with E-state index in [0.29, 0.717) is 6.54 Å². The first-order valence-electron chi connectivity index (χ1n) is 10.1. The highest BCUT2D eigenvalue weighted by Crippen LogP contribution is 2.40. The molecule has 1 aliphatic carbocycles. The highest BCUT2D eigenvalue weighted by molar-refractivity contribution is 5.88. The second kappa shape index (κ2) is 8.47. The third kappa shape index (κ3) is 4.01. The van der Waals surface area contributed by atoms with Gasteiger partial charge in [0.1, 0.15) is 18.4 Å². The van der Waals surface area contributed by atoms with Crippen LogP contribution in [-0.2, 0) is 16.8 Å². The van der Waals surface area contributed by atoms with Crippen LogP contribution in [0.2, 0.25) is 0 Å². The largest absolute Gasteiger partial charge is 0.497 e. The SMILES string of the molecule is COc1ccc(C2(C(=O)NCc3ccc(-n4cncn4)cc3)CCCCC2)cc1. The summed E-state index contributed by atoms with van der Waals surface area (Å²) < 4.78 is 6.99. The van der Waals surface area contributed by atoms with Crippen molar-refractivity contribution in [1.82, 2.24) is 20.1 Å². The van der Waals surface area contributed by atoms with Crippen LogP contribution >= 0.6 is 0 Å². The second-order valence-corrected chi connectivity index (χ2v) is 7.56. The summed E-state index contributed by atoms with van der Waals surface area (Å²) in [4.78, 5) is 17.3. The average Bonchev–Trinajstić information content (AvgIpc) is 3.33. The van der Waals surface area contributed by atoms with Crippen molar-refractivity contribution < 1.29 is 9.53 Å². The number of hydrogen-bond donors (Lipinski definition) is 1. The van der Waals surface area contributed by atoms with Crippen LogP contribution < -0.4 is 10.1 Å². The minimum atomic E-state index is -0.453. The molecule has 1 N–H and O–H groups in total. The van der Waals surface area contributed by atoms with E-state index in [2.05, 4.69) is 15.4 Å². The fourth-order valence-electron chi connectivity index (χ4n) is 4.17. The van der Waals surface area contributed by atoms with Crippen LogP contribution in [0.5, 0.6) is 5.75 Å². The Hall–Kier alpha value is -3.15. The molecule has 0 bridgehead atoms. The van der Waals surface area contributed by atoms with Crippen molar-refractivity contribution in [2.45, 2.75) is 44.1 Å². The molecule has 1 fully saturated rings. The van der Waals surface area contributed by atoms with E-state index in [1.807, 2.05) is 48.5 Å². The molecule has 6 nitrogen and oxygen atoms in total. The second-order valence-electron chi connectivity index (χ2n) is 7.56. The van der Waals surface area contributed by atoms with Crippen LogP contribution in [0.3, 0.4) is 0 Å². The monoisotopic (exact) mass is 390 g/mol. The molecule has 4 rings (SSSR count). The van der Waals surface area contributed by atoms with E-state index in [1.165, 1.54) is 12.7 Å². The predicted octanol–water partition coefficient (Wildman–Crippen LogP) is 3.79. The van der Waals surface area contributed by atoms with Gasteiger partial charge in [-0.1, -0.05) is 43.5 Å². The standard InChI is InChI=1S/C23H26N4O2/c1-29-21-11-7-19(8-12-21)23(13-3-2-4-14-23)22(28)25-15-18-5-9-20(10-6-18)27-17-24-16-26-27/h5-12,16-17H,2-4,13-15H2,1H3,(H,25,28). The zero-order valence-electron chi connectivity index (χ0n) is 16.7. The predicted molar refractivity (Wildman–Crippen MR) is 111 cm³/mol. The van der Waals surface area contributed by atoms with Gasteiger partial charge in [0.15, 0.2) is 0 Å². The van der Waals surface area contributed by atoms with Gasteiger partial charge in [-0.2, -0.15) is 5.10 Å². The van der Waals surface area contributed by atoms with Gasteiger partial charge < -0.3 is 10.1 Å². The Balaban J connectivity index is 1.48. The van der Waals surface area contributed by atoms with Crippen LogP contribution in [0.15, 0.2) is 61.2 Å². The summed E-state index contributed by atoms with van der Waals surface area (Å²) in [6, 6.07) is 16.0. The molecule has 3 aromatic rings. The Bertz CT molecular complexity index is 928. The highest BCUT2D eigenvalue weighted by atomic mass is 16.5. The molecule has 29 heavy (non-hydrogen) atoms. The number of hydrogen-bond acceptors (Lipinski definition) is 4. The molecule has 0 atom stereocenters. The van der Waals surface area contributed by atoms with Gasteiger partial charge in [0, 0.05) is 6.54 Å². The van der Waals surface area contributed by atoms with Gasteiger partial charge in [0.25, 0.3) is 0 Å². The summed E-state index contributed by atoms with van der Waals surface area (Å²) in [6.45, 7) is 0.508. The van der Waals surface area contributed by atoms with Gasteiger partial charge in [-0.25, -0.2) is 9.67 Å². The number of methoxy groups -OCH3 is 1. The Kier molecular flexibility index (Phi) is 5.60. The van der Waals surface area contributed by atoms with Crippen molar-refractivity contribution in [3.8, 4) is 11.4 Å². The van der Waals surface area contributed by atoms with E-state index in [9.17, 15) is 4.79 Å². The molecule has 1 saturated carbocycles. The molecule has 2 aromatic carbocycles. The molecular formula is C23H26N4O2. The lowest BCUT2D eigenvalue weighted by atomic mass is 9.68. The Morgan fingerprint density at radius 3 is 2.41 bits per heavy atom. The maximum atomic E-state index is 13.3. The number of nitrogens with one attached hydrogen (secondary N) is 1. The van der Waals surface area contributed by atoms with Gasteiger partial charge in [-0.05, 0) is 48.2 Å². The highest BCUT2D eigenvalue weighted by Gasteiger charge is 2.40. The molecule has 1 heterocycles. The third-order valence-electron chi connectivity index (χ3n) is 5.86. The van der Waals surface area contributed by atoms with Crippen molar-refractivity contribution in [1.29, 1.82) is 0 Å². The summed E-state index contributed by atoms with van der Waals surface area (Å²) in [5.41, 5.74) is 2.63. The molecule has 1 aromatic heterocycles. The number of benzene rings is 2. The molecule has 0 radical (unpaired) electrons. The maximum absolute atomic E-state index is 13.3. The van der Waals surface area contributed by atoms with Crippen LogP contribution in [0, 0.1) is 0 Å². The molecule has 150 valence electrons. The molecule has 0 spiro atoms. The third-order valence-corrected chi connectivity index (χ3v) is 5.86. The van der Waals surface area contributed by atoms with E-state index in [0.717, 1.165) is 48.2 Å². The zero-order valence-corrected chi connectivity index (χ0v) is 16.7. The number of nitrogens with zero attached hydrogens (tertiary/aromatic N) is 3. The lowest BCUT2D eigenvalue weighted by Gasteiger charge is -2.36. The van der Waals surface area contributed by atoms with Crippen LogP contribution in [-0.4, -0.2) is 27.8 Å². The minimum absolute atomic E-state index is 0.114. The van der Waals surface area contributed by atoms with Crippen molar-refractivity contribution >= 4 is 5.91 Å². The summed E-state index contributed by atoms with van der Waals surface area (Å²) in [5.74, 6) is 0.926. The molecule has 1 amide bonds. The molecular weight excluding hydrogens is 364 g/mol. The van der Waals surface area contributed by atoms with E-state index in [1.54, 1.807) is 18.1 Å². The van der Waals surface area contributed by atoms with Crippen molar-refractivity contribution in [3.05, 3.63) is 72.3 Å². The van der Waals surface area contributed by atoms with Gasteiger partial charge in [0.05, 0.1) is 18.2 Å². The molecule has 0 saturated heterocycles. The van der Waals surface area contributed by atoms with Crippen LogP contribution in [0.4, 0.5) is 0 Å². The van der Waals surface area contributed by atoms with Crippen molar-refractivity contribution in [3.63, 3.8) is 0 Å². The van der Waals surface area contributed by atoms with Crippen molar-refractivity contribution in [2.75, 3.05) is 7.11 Å². The Labute approximate surface area is 170 Å². The fraction of sp³-hybridized carbons (Fsp3) is 0.348. The molecule has 0 aliphatic heterocycles. The van der Waals surface area contributed by atoms with Gasteiger partial charge >= 0.3 is 0 Å². The lowest BCUT2D eigenvalue weighted by Crippen LogP contribution is -2.45. The molecule has 6 heteroatoms. The van der Waals surface area contributed by atoms with E-state index < -0.39 is 5.41 Å². The number of amides is 1. The average molecular weight is 390 g/mol. The summed E-state index contributed by atoms with van der Waals surface area (Å²) >= 11 is 0. The smallest absolute Gasteiger partial charge is 0.230 e. The zero-order chi connectivity index (χ0) is 20.1. The maximum Gasteiger partial charge on any atom is 0.230 e. The first-order chi connectivity index (χ1) is 14.2. The number of ether oxygens (including phenoxy) is 1. The topological polar surface area (TPSA) is 69.0 Å². The summed E-state index contributed by atoms with van der Waals surface area (Å²) in [6.07, 6.45) is 8.29. The first-order valence-corrected chi connectivity index (χ1v) is 10.1. The first kappa shape index (κ1) is 19.2. The van der Waals surface area contributed by atoms with E-state index in [4.69, 9.17) is 4.74 Å². The molecule has 1 aliphatic rings. The Morgan fingerprint density at radius 2 is 1.79 bits per heavy atom. The van der Waals surface area contributed by atoms with Crippen LogP contribution in [0.25, 0.3) is 5.69 Å². The van der Waals surface area contributed by atoms with Gasteiger partial charge in [-0.15, -0.1) is 0 Å².